The summed E-state index contributed by atoms with van der Waals surface area (Å²) in [6, 6.07) is 7.29. The summed E-state index contributed by atoms with van der Waals surface area (Å²) in [6.07, 6.45) is -3.17. The van der Waals surface area contributed by atoms with Gasteiger partial charge in [-0.2, -0.15) is 22.8 Å². The number of nitrogens with zero attached hydrogens (tertiary/aromatic N) is 4. The minimum Gasteiger partial charge on any atom is -0.462 e. The first kappa shape index (κ1) is 18.1. The SMILES string of the molecule is CCOC(=O)/C(=C\c1ccc(C)cc1)c1nn2c(C(F)(F)F)nnc2s1. The Kier molecular flexibility index (Phi) is 4.77. The molecule has 0 spiro atoms. The van der Waals surface area contributed by atoms with E-state index in [0.717, 1.165) is 16.9 Å². The van der Waals surface area contributed by atoms with Crippen LogP contribution in [0.25, 0.3) is 16.6 Å². The van der Waals surface area contributed by atoms with Crippen molar-refractivity contribution in [2.24, 2.45) is 0 Å². The summed E-state index contributed by atoms with van der Waals surface area (Å²) in [5.41, 5.74) is 1.79. The Labute approximate surface area is 149 Å². The van der Waals surface area contributed by atoms with Crippen LogP contribution in [-0.2, 0) is 15.7 Å². The van der Waals surface area contributed by atoms with E-state index in [-0.39, 0.29) is 22.1 Å². The topological polar surface area (TPSA) is 69.4 Å². The van der Waals surface area contributed by atoms with Crippen LogP contribution in [0, 0.1) is 6.92 Å². The molecule has 10 heteroatoms. The maximum absolute atomic E-state index is 13.0. The number of carbonyl (C=O) groups is 1. The van der Waals surface area contributed by atoms with Crippen molar-refractivity contribution in [2.45, 2.75) is 20.0 Å². The molecule has 0 atom stereocenters. The van der Waals surface area contributed by atoms with Crippen molar-refractivity contribution in [3.05, 3.63) is 46.2 Å². The molecule has 0 bridgehead atoms. The Morgan fingerprint density at radius 1 is 1.27 bits per heavy atom. The molecule has 3 rings (SSSR count). The first-order chi connectivity index (χ1) is 12.3. The van der Waals surface area contributed by atoms with Crippen molar-refractivity contribution in [1.29, 1.82) is 0 Å². The van der Waals surface area contributed by atoms with E-state index in [1.165, 1.54) is 6.08 Å². The molecule has 0 fully saturated rings. The summed E-state index contributed by atoms with van der Waals surface area (Å²) >= 11 is 0.828. The van der Waals surface area contributed by atoms with Crippen LogP contribution in [0.1, 0.15) is 28.9 Å². The highest BCUT2D eigenvalue weighted by atomic mass is 32.1. The monoisotopic (exact) mass is 382 g/mol. The summed E-state index contributed by atoms with van der Waals surface area (Å²) in [4.78, 5) is 12.2. The van der Waals surface area contributed by atoms with Crippen LogP contribution in [0.5, 0.6) is 0 Å². The number of alkyl halides is 3. The fourth-order valence-electron chi connectivity index (χ4n) is 2.15. The largest absolute Gasteiger partial charge is 0.462 e. The molecule has 2 aromatic heterocycles. The normalized spacial score (nSPS) is 12.6. The zero-order valence-corrected chi connectivity index (χ0v) is 14.6. The molecule has 3 aromatic rings. The number of rotatable bonds is 4. The lowest BCUT2D eigenvalue weighted by Gasteiger charge is -2.05. The van der Waals surface area contributed by atoms with Gasteiger partial charge in [-0.15, -0.1) is 10.2 Å². The summed E-state index contributed by atoms with van der Waals surface area (Å²) in [5, 5.41) is 10.5. The summed E-state index contributed by atoms with van der Waals surface area (Å²) in [7, 11) is 0. The number of esters is 1. The summed E-state index contributed by atoms with van der Waals surface area (Å²) in [6.45, 7) is 3.69. The molecule has 0 saturated carbocycles. The molecule has 0 unspecified atom stereocenters. The predicted octanol–water partition coefficient (Wildman–Crippen LogP) is 3.62. The lowest BCUT2D eigenvalue weighted by molar-refractivity contribution is -0.146. The Balaban J connectivity index is 2.10. The molecule has 0 saturated heterocycles. The number of halogens is 3. The fraction of sp³-hybridized carbons (Fsp3) is 0.250. The van der Waals surface area contributed by atoms with Crippen molar-refractivity contribution in [3.63, 3.8) is 0 Å². The highest BCUT2D eigenvalue weighted by Crippen LogP contribution is 2.31. The van der Waals surface area contributed by atoms with Crippen molar-refractivity contribution in [3.8, 4) is 0 Å². The number of ether oxygens (including phenoxy) is 1. The summed E-state index contributed by atoms with van der Waals surface area (Å²) in [5.74, 6) is -1.92. The van der Waals surface area contributed by atoms with Crippen LogP contribution >= 0.6 is 11.3 Å². The molecule has 0 aliphatic rings. The number of hydrogen-bond donors (Lipinski definition) is 0. The van der Waals surface area contributed by atoms with Gasteiger partial charge in [0.15, 0.2) is 5.01 Å². The van der Waals surface area contributed by atoms with Gasteiger partial charge in [-0.1, -0.05) is 41.2 Å². The van der Waals surface area contributed by atoms with E-state index in [0.29, 0.717) is 10.1 Å². The van der Waals surface area contributed by atoms with Gasteiger partial charge in [0.05, 0.1) is 12.2 Å². The van der Waals surface area contributed by atoms with Crippen LogP contribution in [0.15, 0.2) is 24.3 Å². The van der Waals surface area contributed by atoms with Crippen molar-refractivity contribution < 1.29 is 22.7 Å². The van der Waals surface area contributed by atoms with E-state index >= 15 is 0 Å². The highest BCUT2D eigenvalue weighted by molar-refractivity contribution is 7.18. The van der Waals surface area contributed by atoms with E-state index in [1.54, 1.807) is 19.1 Å². The van der Waals surface area contributed by atoms with Gasteiger partial charge in [0.25, 0.3) is 5.82 Å². The van der Waals surface area contributed by atoms with E-state index < -0.39 is 18.0 Å². The standard InChI is InChI=1S/C16H13F3N4O2S/c1-3-25-13(24)11(8-10-6-4-9(2)5-7-10)12-22-23-14(16(17,18)19)20-21-15(23)26-12/h4-8H,3H2,1-2H3/b11-8-. The Bertz CT molecular complexity index is 974. The van der Waals surface area contributed by atoms with E-state index in [1.807, 2.05) is 19.1 Å². The first-order valence-corrected chi connectivity index (χ1v) is 8.36. The van der Waals surface area contributed by atoms with Crippen LogP contribution in [0.4, 0.5) is 13.2 Å². The number of benzene rings is 1. The molecule has 0 aliphatic carbocycles. The number of fused-ring (bicyclic) bond motifs is 1. The number of aromatic nitrogens is 4. The molecular weight excluding hydrogens is 369 g/mol. The maximum atomic E-state index is 13.0. The first-order valence-electron chi connectivity index (χ1n) is 7.55. The summed E-state index contributed by atoms with van der Waals surface area (Å²) < 4.78 is 44.5. The zero-order valence-electron chi connectivity index (χ0n) is 13.7. The lowest BCUT2D eigenvalue weighted by atomic mass is 10.1. The number of hydrogen-bond acceptors (Lipinski definition) is 6. The smallest absolute Gasteiger partial charge is 0.453 e. The van der Waals surface area contributed by atoms with Gasteiger partial charge in [-0.25, -0.2) is 4.79 Å². The minimum absolute atomic E-state index is 0.0549. The van der Waals surface area contributed by atoms with Crippen molar-refractivity contribution in [2.75, 3.05) is 6.61 Å². The lowest BCUT2D eigenvalue weighted by Crippen LogP contribution is -2.12. The Morgan fingerprint density at radius 2 is 1.96 bits per heavy atom. The van der Waals surface area contributed by atoms with Gasteiger partial charge in [0.2, 0.25) is 4.96 Å². The fourth-order valence-corrected chi connectivity index (χ4v) is 2.99. The second-order valence-electron chi connectivity index (χ2n) is 5.31. The quantitative estimate of drug-likeness (QED) is 0.509. The van der Waals surface area contributed by atoms with Gasteiger partial charge in [-0.05, 0) is 25.5 Å². The third kappa shape index (κ3) is 3.59. The van der Waals surface area contributed by atoms with Crippen molar-refractivity contribution in [1.82, 2.24) is 19.8 Å². The second kappa shape index (κ2) is 6.87. The van der Waals surface area contributed by atoms with E-state index in [2.05, 4.69) is 15.3 Å². The third-order valence-corrected chi connectivity index (χ3v) is 4.29. The average molecular weight is 382 g/mol. The van der Waals surface area contributed by atoms with E-state index in [9.17, 15) is 18.0 Å². The molecule has 0 aliphatic heterocycles. The molecule has 0 radical (unpaired) electrons. The minimum atomic E-state index is -4.70. The Morgan fingerprint density at radius 3 is 2.58 bits per heavy atom. The molecule has 136 valence electrons. The molecule has 2 heterocycles. The van der Waals surface area contributed by atoms with Crippen LogP contribution in [0.2, 0.25) is 0 Å². The van der Waals surface area contributed by atoms with Gasteiger partial charge < -0.3 is 4.74 Å². The third-order valence-electron chi connectivity index (χ3n) is 3.36. The molecule has 0 amide bonds. The van der Waals surface area contributed by atoms with Crippen molar-refractivity contribution >= 4 is 33.9 Å². The molecule has 6 nitrogen and oxygen atoms in total. The molecule has 1 aromatic carbocycles. The van der Waals surface area contributed by atoms with Gasteiger partial charge in [-0.3, -0.25) is 0 Å². The van der Waals surface area contributed by atoms with Gasteiger partial charge in [0, 0.05) is 0 Å². The Hall–Kier alpha value is -2.75. The molecular formula is C16H13F3N4O2S. The highest BCUT2D eigenvalue weighted by Gasteiger charge is 2.38. The second-order valence-corrected chi connectivity index (χ2v) is 6.27. The van der Waals surface area contributed by atoms with Gasteiger partial charge >= 0.3 is 12.1 Å². The van der Waals surface area contributed by atoms with Gasteiger partial charge in [0.1, 0.15) is 0 Å². The maximum Gasteiger partial charge on any atom is 0.453 e. The number of aryl methyl sites for hydroxylation is 1. The van der Waals surface area contributed by atoms with Crippen LogP contribution in [-0.4, -0.2) is 32.4 Å². The van der Waals surface area contributed by atoms with E-state index in [4.69, 9.17) is 4.74 Å². The average Bonchev–Trinajstić information content (AvgIpc) is 3.13. The molecule has 26 heavy (non-hydrogen) atoms. The zero-order chi connectivity index (χ0) is 18.9. The molecule has 0 N–H and O–H groups in total. The predicted molar refractivity (Wildman–Crippen MR) is 89.3 cm³/mol. The van der Waals surface area contributed by atoms with Crippen LogP contribution < -0.4 is 0 Å². The van der Waals surface area contributed by atoms with Crippen LogP contribution in [0.3, 0.4) is 0 Å². The number of carbonyl (C=O) groups excluding carboxylic acids is 1.